The Morgan fingerprint density at radius 1 is 1.38 bits per heavy atom. The summed E-state index contributed by atoms with van der Waals surface area (Å²) in [5.41, 5.74) is 0. The van der Waals surface area contributed by atoms with Crippen LogP contribution in [0, 0.1) is 11.8 Å². The lowest BCUT2D eigenvalue weighted by molar-refractivity contribution is -0.138. The Morgan fingerprint density at radius 2 is 2.06 bits per heavy atom. The molecule has 1 aliphatic heterocycles. The Bertz CT molecular complexity index is 336. The number of nitrogens with one attached hydrogen (secondary N) is 2. The summed E-state index contributed by atoms with van der Waals surface area (Å²) in [5.74, 6) is -0.256. The van der Waals surface area contributed by atoms with Gasteiger partial charge < -0.3 is 5.32 Å². The van der Waals surface area contributed by atoms with Gasteiger partial charge in [-0.25, -0.2) is 0 Å². The predicted molar refractivity (Wildman–Crippen MR) is 56.2 cm³/mol. The minimum Gasteiger partial charge on any atom is -0.344 e. The standard InChI is InChI=1S/C11H16N2O3/c1-6(7-2-3-7)10(15)12-8-4-5-9(14)13-11(8)16/h6-8H,2-5H2,1H3,(H,12,15)(H,13,14,16). The van der Waals surface area contributed by atoms with Gasteiger partial charge in [0.05, 0.1) is 0 Å². The van der Waals surface area contributed by atoms with Crippen molar-refractivity contribution in [2.75, 3.05) is 0 Å². The van der Waals surface area contributed by atoms with E-state index in [0.29, 0.717) is 18.8 Å². The number of amides is 3. The Kier molecular flexibility index (Phi) is 2.94. The van der Waals surface area contributed by atoms with Crippen molar-refractivity contribution < 1.29 is 14.4 Å². The van der Waals surface area contributed by atoms with Crippen molar-refractivity contribution in [1.82, 2.24) is 10.6 Å². The molecule has 16 heavy (non-hydrogen) atoms. The average Bonchev–Trinajstić information content (AvgIpc) is 3.04. The number of carbonyl (C=O) groups excluding carboxylic acids is 3. The van der Waals surface area contributed by atoms with Gasteiger partial charge in [0.2, 0.25) is 17.7 Å². The van der Waals surface area contributed by atoms with E-state index in [1.807, 2.05) is 6.92 Å². The highest BCUT2D eigenvalue weighted by molar-refractivity contribution is 6.01. The van der Waals surface area contributed by atoms with Crippen LogP contribution < -0.4 is 10.6 Å². The van der Waals surface area contributed by atoms with Crippen LogP contribution in [0.4, 0.5) is 0 Å². The maximum Gasteiger partial charge on any atom is 0.249 e. The number of hydrogen-bond acceptors (Lipinski definition) is 3. The molecule has 3 amide bonds. The molecule has 1 saturated heterocycles. The summed E-state index contributed by atoms with van der Waals surface area (Å²) in [4.78, 5) is 34.1. The molecule has 5 nitrogen and oxygen atoms in total. The van der Waals surface area contributed by atoms with Crippen LogP contribution in [0.5, 0.6) is 0 Å². The van der Waals surface area contributed by atoms with Gasteiger partial charge in [0, 0.05) is 12.3 Å². The van der Waals surface area contributed by atoms with Gasteiger partial charge in [-0.2, -0.15) is 0 Å². The third-order valence-electron chi connectivity index (χ3n) is 3.30. The molecule has 0 aromatic rings. The van der Waals surface area contributed by atoms with Crippen molar-refractivity contribution in [2.45, 2.75) is 38.6 Å². The highest BCUT2D eigenvalue weighted by atomic mass is 16.2. The third kappa shape index (κ3) is 2.40. The summed E-state index contributed by atoms with van der Waals surface area (Å²) >= 11 is 0. The molecule has 0 bridgehead atoms. The number of imide groups is 1. The summed E-state index contributed by atoms with van der Waals surface area (Å²) in [7, 11) is 0. The van der Waals surface area contributed by atoms with E-state index in [9.17, 15) is 14.4 Å². The van der Waals surface area contributed by atoms with Crippen molar-refractivity contribution in [3.63, 3.8) is 0 Å². The van der Waals surface area contributed by atoms with Crippen molar-refractivity contribution in [3.8, 4) is 0 Å². The summed E-state index contributed by atoms with van der Waals surface area (Å²) in [6.07, 6.45) is 2.91. The average molecular weight is 224 g/mol. The first-order chi connectivity index (χ1) is 7.58. The van der Waals surface area contributed by atoms with E-state index >= 15 is 0 Å². The minimum absolute atomic E-state index is 0.0228. The molecule has 0 spiro atoms. The lowest BCUT2D eigenvalue weighted by Gasteiger charge is -2.23. The maximum absolute atomic E-state index is 11.7. The fourth-order valence-electron chi connectivity index (χ4n) is 1.94. The Morgan fingerprint density at radius 3 is 2.62 bits per heavy atom. The van der Waals surface area contributed by atoms with Crippen LogP contribution in [0.15, 0.2) is 0 Å². The predicted octanol–water partition coefficient (Wildman–Crippen LogP) is -0.0461. The minimum atomic E-state index is -0.536. The fraction of sp³-hybridized carbons (Fsp3) is 0.727. The highest BCUT2D eigenvalue weighted by Gasteiger charge is 2.35. The van der Waals surface area contributed by atoms with Crippen LogP contribution in [-0.2, 0) is 14.4 Å². The topological polar surface area (TPSA) is 75.3 Å². The van der Waals surface area contributed by atoms with Gasteiger partial charge in [0.25, 0.3) is 0 Å². The normalized spacial score (nSPS) is 27.2. The van der Waals surface area contributed by atoms with Gasteiger partial charge in [-0.05, 0) is 25.2 Å². The fourth-order valence-corrected chi connectivity index (χ4v) is 1.94. The molecule has 2 atom stereocenters. The van der Waals surface area contributed by atoms with Gasteiger partial charge in [0.1, 0.15) is 6.04 Å². The van der Waals surface area contributed by atoms with Crippen LogP contribution in [0.2, 0.25) is 0 Å². The van der Waals surface area contributed by atoms with Gasteiger partial charge in [-0.1, -0.05) is 6.92 Å². The highest BCUT2D eigenvalue weighted by Crippen LogP contribution is 2.36. The second-order valence-corrected chi connectivity index (χ2v) is 4.64. The van der Waals surface area contributed by atoms with Crippen LogP contribution in [0.3, 0.4) is 0 Å². The van der Waals surface area contributed by atoms with Crippen molar-refractivity contribution in [3.05, 3.63) is 0 Å². The zero-order valence-electron chi connectivity index (χ0n) is 9.29. The molecule has 5 heteroatoms. The van der Waals surface area contributed by atoms with E-state index in [4.69, 9.17) is 0 Å². The van der Waals surface area contributed by atoms with E-state index in [1.54, 1.807) is 0 Å². The number of hydrogen-bond donors (Lipinski definition) is 2. The van der Waals surface area contributed by atoms with Crippen LogP contribution in [-0.4, -0.2) is 23.8 Å². The van der Waals surface area contributed by atoms with Crippen LogP contribution in [0.25, 0.3) is 0 Å². The molecule has 0 aromatic heterocycles. The molecule has 2 fully saturated rings. The molecule has 88 valence electrons. The zero-order chi connectivity index (χ0) is 11.7. The maximum atomic E-state index is 11.7. The lowest BCUT2D eigenvalue weighted by atomic mass is 10.0. The second kappa shape index (κ2) is 4.23. The van der Waals surface area contributed by atoms with E-state index in [1.165, 1.54) is 0 Å². The first-order valence-electron chi connectivity index (χ1n) is 5.72. The molecule has 1 saturated carbocycles. The van der Waals surface area contributed by atoms with Crippen molar-refractivity contribution in [1.29, 1.82) is 0 Å². The monoisotopic (exact) mass is 224 g/mol. The SMILES string of the molecule is CC(C(=O)NC1CCC(=O)NC1=O)C1CC1. The molecule has 0 radical (unpaired) electrons. The summed E-state index contributed by atoms with van der Waals surface area (Å²) in [5, 5.41) is 4.93. The quantitative estimate of drug-likeness (QED) is 0.660. The third-order valence-corrected chi connectivity index (χ3v) is 3.30. The van der Waals surface area contributed by atoms with E-state index in [-0.39, 0.29) is 23.6 Å². The molecular formula is C11H16N2O3. The zero-order valence-corrected chi connectivity index (χ0v) is 9.29. The van der Waals surface area contributed by atoms with E-state index < -0.39 is 6.04 Å². The molecule has 1 aliphatic carbocycles. The summed E-state index contributed by atoms with van der Waals surface area (Å²) in [6, 6.07) is -0.536. The molecule has 2 aliphatic rings. The summed E-state index contributed by atoms with van der Waals surface area (Å²) in [6.45, 7) is 1.89. The van der Waals surface area contributed by atoms with E-state index in [0.717, 1.165) is 12.8 Å². The van der Waals surface area contributed by atoms with Crippen molar-refractivity contribution in [2.24, 2.45) is 11.8 Å². The molecule has 0 aromatic carbocycles. The van der Waals surface area contributed by atoms with Gasteiger partial charge in [-0.15, -0.1) is 0 Å². The number of rotatable bonds is 3. The smallest absolute Gasteiger partial charge is 0.249 e. The Balaban J connectivity index is 1.86. The lowest BCUT2D eigenvalue weighted by Crippen LogP contribution is -2.53. The molecule has 2 N–H and O–H groups in total. The van der Waals surface area contributed by atoms with Crippen LogP contribution >= 0.6 is 0 Å². The first-order valence-corrected chi connectivity index (χ1v) is 5.72. The Hall–Kier alpha value is -1.39. The second-order valence-electron chi connectivity index (χ2n) is 4.64. The van der Waals surface area contributed by atoms with Crippen molar-refractivity contribution >= 4 is 17.7 Å². The number of carbonyl (C=O) groups is 3. The van der Waals surface area contributed by atoms with E-state index in [2.05, 4.69) is 10.6 Å². The van der Waals surface area contributed by atoms with Gasteiger partial charge in [-0.3, -0.25) is 19.7 Å². The summed E-state index contributed by atoms with van der Waals surface area (Å²) < 4.78 is 0. The van der Waals surface area contributed by atoms with Gasteiger partial charge >= 0.3 is 0 Å². The van der Waals surface area contributed by atoms with Gasteiger partial charge in [0.15, 0.2) is 0 Å². The first kappa shape index (κ1) is 11.1. The molecule has 1 heterocycles. The Labute approximate surface area is 94.0 Å². The molecular weight excluding hydrogens is 208 g/mol. The number of piperidine rings is 1. The molecule has 2 rings (SSSR count). The van der Waals surface area contributed by atoms with Crippen LogP contribution in [0.1, 0.15) is 32.6 Å². The molecule has 2 unspecified atom stereocenters. The largest absolute Gasteiger partial charge is 0.344 e.